The lowest BCUT2D eigenvalue weighted by Gasteiger charge is -2.15. The van der Waals surface area contributed by atoms with Gasteiger partial charge in [0.15, 0.2) is 4.96 Å². The third-order valence-corrected chi connectivity index (χ3v) is 6.76. The molecule has 4 rings (SSSR count). The molecule has 120 valence electrons. The average molecular weight is 437 g/mol. The summed E-state index contributed by atoms with van der Waals surface area (Å²) in [6.07, 6.45) is 5.19. The van der Waals surface area contributed by atoms with E-state index in [-0.39, 0.29) is 0 Å². The molecule has 1 fully saturated rings. The minimum atomic E-state index is 0.578. The number of hydrogen-bond donors (Lipinski definition) is 1. The van der Waals surface area contributed by atoms with E-state index in [9.17, 15) is 0 Å². The first-order valence-electron chi connectivity index (χ1n) is 8.15. The van der Waals surface area contributed by atoms with Gasteiger partial charge in [-0.15, -0.1) is 11.3 Å². The summed E-state index contributed by atoms with van der Waals surface area (Å²) in [7, 11) is 0. The molecule has 1 N–H and O–H groups in total. The van der Waals surface area contributed by atoms with Gasteiger partial charge in [-0.1, -0.05) is 31.0 Å². The number of fused-ring (bicyclic) bond motifs is 1. The number of anilines is 1. The van der Waals surface area contributed by atoms with Crippen LogP contribution < -0.4 is 5.32 Å². The monoisotopic (exact) mass is 437 g/mol. The summed E-state index contributed by atoms with van der Waals surface area (Å²) in [6.45, 7) is 4.38. The van der Waals surface area contributed by atoms with Gasteiger partial charge in [0, 0.05) is 25.7 Å². The number of thiazole rings is 1. The van der Waals surface area contributed by atoms with Crippen molar-refractivity contribution in [2.45, 2.75) is 45.6 Å². The van der Waals surface area contributed by atoms with E-state index in [4.69, 9.17) is 4.98 Å². The highest BCUT2D eigenvalue weighted by atomic mass is 127. The largest absolute Gasteiger partial charge is 0.367 e. The molecule has 1 aliphatic rings. The van der Waals surface area contributed by atoms with Crippen molar-refractivity contribution in [3.8, 4) is 11.3 Å². The first-order chi connectivity index (χ1) is 11.1. The Labute approximate surface area is 154 Å². The van der Waals surface area contributed by atoms with Crippen LogP contribution in [-0.4, -0.2) is 15.4 Å². The molecule has 1 saturated carbocycles. The molecule has 2 aromatic heterocycles. The summed E-state index contributed by atoms with van der Waals surface area (Å²) in [5.41, 5.74) is 3.62. The van der Waals surface area contributed by atoms with Gasteiger partial charge in [-0.05, 0) is 55.3 Å². The Hall–Kier alpha value is -1.08. The molecule has 0 bridgehead atoms. The van der Waals surface area contributed by atoms with E-state index in [0.717, 1.165) is 10.7 Å². The van der Waals surface area contributed by atoms with Crippen LogP contribution in [0.15, 0.2) is 24.3 Å². The van der Waals surface area contributed by atoms with E-state index in [1.807, 2.05) is 0 Å². The SMILES string of the molecule is Cc1sc2nc(-c3ccccc3I)c(NC3CCCC3)n2c1C. The van der Waals surface area contributed by atoms with Crippen molar-refractivity contribution in [3.05, 3.63) is 38.4 Å². The summed E-state index contributed by atoms with van der Waals surface area (Å²) >= 11 is 4.19. The Bertz CT molecular complexity index is 859. The predicted octanol–water partition coefficient (Wildman–Crippen LogP) is 5.64. The van der Waals surface area contributed by atoms with Gasteiger partial charge >= 0.3 is 0 Å². The quantitative estimate of drug-likeness (QED) is 0.538. The molecular weight excluding hydrogens is 417 g/mol. The van der Waals surface area contributed by atoms with Crippen LogP contribution in [0.25, 0.3) is 16.2 Å². The second-order valence-electron chi connectivity index (χ2n) is 6.28. The third kappa shape index (κ3) is 2.67. The highest BCUT2D eigenvalue weighted by molar-refractivity contribution is 14.1. The number of benzene rings is 1. The van der Waals surface area contributed by atoms with Crippen LogP contribution in [-0.2, 0) is 0 Å². The van der Waals surface area contributed by atoms with Gasteiger partial charge in [0.25, 0.3) is 0 Å². The number of rotatable bonds is 3. The van der Waals surface area contributed by atoms with Gasteiger partial charge in [0.1, 0.15) is 11.5 Å². The number of nitrogens with one attached hydrogen (secondary N) is 1. The minimum absolute atomic E-state index is 0.578. The number of aromatic nitrogens is 2. The maximum Gasteiger partial charge on any atom is 0.196 e. The van der Waals surface area contributed by atoms with Crippen LogP contribution in [0.3, 0.4) is 0 Å². The molecule has 5 heteroatoms. The van der Waals surface area contributed by atoms with Gasteiger partial charge in [-0.25, -0.2) is 4.98 Å². The number of halogens is 1. The van der Waals surface area contributed by atoms with Crippen molar-refractivity contribution >= 4 is 44.7 Å². The molecule has 3 aromatic rings. The summed E-state index contributed by atoms with van der Waals surface area (Å²) in [5, 5.41) is 3.82. The lowest BCUT2D eigenvalue weighted by atomic mass is 10.1. The molecular formula is C18H20IN3S. The Morgan fingerprint density at radius 1 is 1.22 bits per heavy atom. The van der Waals surface area contributed by atoms with Crippen LogP contribution in [0, 0.1) is 17.4 Å². The molecule has 0 unspecified atom stereocenters. The molecule has 0 spiro atoms. The maximum absolute atomic E-state index is 4.98. The van der Waals surface area contributed by atoms with E-state index in [2.05, 4.69) is 70.4 Å². The van der Waals surface area contributed by atoms with Crippen molar-refractivity contribution in [1.29, 1.82) is 0 Å². The molecule has 23 heavy (non-hydrogen) atoms. The number of hydrogen-bond acceptors (Lipinski definition) is 3. The van der Waals surface area contributed by atoms with E-state index in [0.29, 0.717) is 6.04 Å². The number of imidazole rings is 1. The molecule has 0 amide bonds. The summed E-state index contributed by atoms with van der Waals surface area (Å²) < 4.78 is 3.57. The molecule has 1 aromatic carbocycles. The summed E-state index contributed by atoms with van der Waals surface area (Å²) in [5.74, 6) is 1.18. The first kappa shape index (κ1) is 15.4. The average Bonchev–Trinajstić information content (AvgIpc) is 3.21. The molecule has 3 nitrogen and oxygen atoms in total. The van der Waals surface area contributed by atoms with Crippen LogP contribution in [0.2, 0.25) is 0 Å². The first-order valence-corrected chi connectivity index (χ1v) is 10.0. The summed E-state index contributed by atoms with van der Waals surface area (Å²) in [4.78, 5) is 7.42. The zero-order valence-corrected chi connectivity index (χ0v) is 16.4. The number of aryl methyl sites for hydroxylation is 2. The van der Waals surface area contributed by atoms with Crippen molar-refractivity contribution in [3.63, 3.8) is 0 Å². The van der Waals surface area contributed by atoms with Crippen molar-refractivity contribution < 1.29 is 0 Å². The zero-order valence-electron chi connectivity index (χ0n) is 13.4. The highest BCUT2D eigenvalue weighted by Gasteiger charge is 2.23. The van der Waals surface area contributed by atoms with E-state index < -0.39 is 0 Å². The molecule has 0 atom stereocenters. The van der Waals surface area contributed by atoms with Crippen LogP contribution in [0.4, 0.5) is 5.82 Å². The van der Waals surface area contributed by atoms with E-state index in [1.54, 1.807) is 11.3 Å². The zero-order chi connectivity index (χ0) is 16.0. The minimum Gasteiger partial charge on any atom is -0.367 e. The van der Waals surface area contributed by atoms with Gasteiger partial charge in [-0.2, -0.15) is 0 Å². The number of nitrogens with zero attached hydrogens (tertiary/aromatic N) is 2. The lowest BCUT2D eigenvalue weighted by molar-refractivity contribution is 0.748. The second kappa shape index (κ2) is 6.09. The molecule has 1 aliphatic carbocycles. The van der Waals surface area contributed by atoms with Gasteiger partial charge < -0.3 is 5.32 Å². The fourth-order valence-corrected chi connectivity index (χ4v) is 5.00. The van der Waals surface area contributed by atoms with Gasteiger partial charge in [-0.3, -0.25) is 4.40 Å². The normalized spacial score (nSPS) is 15.6. The molecule has 2 heterocycles. The van der Waals surface area contributed by atoms with Gasteiger partial charge in [0.05, 0.1) is 0 Å². The lowest BCUT2D eigenvalue weighted by Crippen LogP contribution is -2.16. The van der Waals surface area contributed by atoms with E-state index >= 15 is 0 Å². The van der Waals surface area contributed by atoms with Crippen LogP contribution in [0.5, 0.6) is 0 Å². The fourth-order valence-electron chi connectivity index (χ4n) is 3.39. The predicted molar refractivity (Wildman–Crippen MR) is 107 cm³/mol. The molecule has 0 radical (unpaired) electrons. The molecule has 0 saturated heterocycles. The second-order valence-corrected chi connectivity index (χ2v) is 8.62. The topological polar surface area (TPSA) is 29.3 Å². The molecule has 0 aliphatic heterocycles. The van der Waals surface area contributed by atoms with Crippen molar-refractivity contribution in [1.82, 2.24) is 9.38 Å². The summed E-state index contributed by atoms with van der Waals surface area (Å²) in [6, 6.07) is 9.09. The van der Waals surface area contributed by atoms with Crippen LogP contribution >= 0.6 is 33.9 Å². The fraction of sp³-hybridized carbons (Fsp3) is 0.389. The Kier molecular flexibility index (Phi) is 4.09. The smallest absolute Gasteiger partial charge is 0.196 e. The highest BCUT2D eigenvalue weighted by Crippen LogP contribution is 2.37. The Morgan fingerprint density at radius 3 is 2.70 bits per heavy atom. The Balaban J connectivity index is 1.90. The Morgan fingerprint density at radius 2 is 1.96 bits per heavy atom. The van der Waals surface area contributed by atoms with Gasteiger partial charge in [0.2, 0.25) is 0 Å². The maximum atomic E-state index is 4.98. The third-order valence-electron chi connectivity index (χ3n) is 4.76. The van der Waals surface area contributed by atoms with Crippen molar-refractivity contribution in [2.75, 3.05) is 5.32 Å². The standard InChI is InChI=1S/C18H20IN3S/c1-11-12(2)23-18-21-16(14-9-5-6-10-15(14)19)17(22(11)18)20-13-7-3-4-8-13/h5-6,9-10,13,20H,3-4,7-8H2,1-2H3. The van der Waals surface area contributed by atoms with E-state index in [1.165, 1.54) is 51.2 Å². The van der Waals surface area contributed by atoms with Crippen molar-refractivity contribution in [2.24, 2.45) is 0 Å². The van der Waals surface area contributed by atoms with Crippen LogP contribution in [0.1, 0.15) is 36.3 Å².